The number of carbonyl (C=O) groups is 1. The number of hydrogen-bond donors (Lipinski definition) is 2. The van der Waals surface area contributed by atoms with E-state index in [0.29, 0.717) is 17.9 Å². The Kier molecular flexibility index (Phi) is 5.27. The Morgan fingerprint density at radius 3 is 2.91 bits per heavy atom. The van der Waals surface area contributed by atoms with Gasteiger partial charge in [-0.3, -0.25) is 9.36 Å². The van der Waals surface area contributed by atoms with Gasteiger partial charge in [0.2, 0.25) is 0 Å². The Hall–Kier alpha value is -2.21. The van der Waals surface area contributed by atoms with E-state index < -0.39 is 0 Å². The molecule has 0 aliphatic carbocycles. The number of aliphatic hydroxyl groups is 1. The van der Waals surface area contributed by atoms with Crippen molar-refractivity contribution in [2.75, 3.05) is 13.2 Å². The standard InChI is InChI=1S/C16H22N4O2/c1-16(2,11-21)5-3-6-19-15(22)13-4-7-18-14(10-13)20-9-8-17-12-20/h4,7-10,12,21H,3,5-6,11H2,1-2H3,(H,19,22). The lowest BCUT2D eigenvalue weighted by Gasteiger charge is -2.21. The molecule has 0 fully saturated rings. The minimum Gasteiger partial charge on any atom is -0.396 e. The van der Waals surface area contributed by atoms with E-state index in [2.05, 4.69) is 15.3 Å². The highest BCUT2D eigenvalue weighted by Gasteiger charge is 2.15. The molecule has 0 saturated carbocycles. The molecule has 22 heavy (non-hydrogen) atoms. The number of hydrogen-bond acceptors (Lipinski definition) is 4. The first-order valence-corrected chi connectivity index (χ1v) is 7.35. The quantitative estimate of drug-likeness (QED) is 0.764. The van der Waals surface area contributed by atoms with E-state index in [1.54, 1.807) is 41.6 Å². The number of amides is 1. The van der Waals surface area contributed by atoms with Crippen molar-refractivity contribution in [2.24, 2.45) is 5.41 Å². The summed E-state index contributed by atoms with van der Waals surface area (Å²) in [5, 5.41) is 12.1. The van der Waals surface area contributed by atoms with Crippen LogP contribution in [-0.2, 0) is 0 Å². The fourth-order valence-electron chi connectivity index (χ4n) is 2.05. The normalized spacial score (nSPS) is 11.4. The van der Waals surface area contributed by atoms with Crippen molar-refractivity contribution in [3.05, 3.63) is 42.6 Å². The monoisotopic (exact) mass is 302 g/mol. The number of aromatic nitrogens is 3. The molecule has 0 unspecified atom stereocenters. The lowest BCUT2D eigenvalue weighted by Crippen LogP contribution is -2.26. The van der Waals surface area contributed by atoms with Crippen molar-refractivity contribution in [1.82, 2.24) is 19.9 Å². The van der Waals surface area contributed by atoms with Crippen LogP contribution >= 0.6 is 0 Å². The molecule has 1 amide bonds. The molecule has 2 heterocycles. The van der Waals surface area contributed by atoms with Gasteiger partial charge in [0.15, 0.2) is 0 Å². The fourth-order valence-corrected chi connectivity index (χ4v) is 2.05. The predicted molar refractivity (Wildman–Crippen MR) is 83.8 cm³/mol. The van der Waals surface area contributed by atoms with Crippen molar-refractivity contribution >= 4 is 5.91 Å². The minimum absolute atomic E-state index is 0.101. The molecule has 6 nitrogen and oxygen atoms in total. The Balaban J connectivity index is 1.89. The van der Waals surface area contributed by atoms with E-state index in [9.17, 15) is 9.90 Å². The maximum atomic E-state index is 12.1. The molecule has 118 valence electrons. The summed E-state index contributed by atoms with van der Waals surface area (Å²) < 4.78 is 1.75. The number of pyridine rings is 1. The first-order valence-electron chi connectivity index (χ1n) is 7.35. The molecule has 0 aliphatic rings. The van der Waals surface area contributed by atoms with Crippen molar-refractivity contribution in [1.29, 1.82) is 0 Å². The van der Waals surface area contributed by atoms with Crippen LogP contribution < -0.4 is 5.32 Å². The van der Waals surface area contributed by atoms with Gasteiger partial charge in [-0.05, 0) is 30.4 Å². The zero-order valence-corrected chi connectivity index (χ0v) is 13.0. The average molecular weight is 302 g/mol. The molecule has 0 saturated heterocycles. The summed E-state index contributed by atoms with van der Waals surface area (Å²) in [7, 11) is 0. The number of carbonyl (C=O) groups excluding carboxylic acids is 1. The van der Waals surface area contributed by atoms with Gasteiger partial charge in [0.1, 0.15) is 12.1 Å². The summed E-state index contributed by atoms with van der Waals surface area (Å²) in [6.07, 6.45) is 8.39. The maximum absolute atomic E-state index is 12.1. The van der Waals surface area contributed by atoms with E-state index in [4.69, 9.17) is 0 Å². The third kappa shape index (κ3) is 4.39. The summed E-state index contributed by atoms with van der Waals surface area (Å²) in [6.45, 7) is 4.76. The number of aliphatic hydroxyl groups excluding tert-OH is 1. The van der Waals surface area contributed by atoms with Gasteiger partial charge < -0.3 is 10.4 Å². The van der Waals surface area contributed by atoms with Crippen LogP contribution in [0.25, 0.3) is 5.82 Å². The van der Waals surface area contributed by atoms with Crippen molar-refractivity contribution in [3.8, 4) is 5.82 Å². The molecular weight excluding hydrogens is 280 g/mol. The smallest absolute Gasteiger partial charge is 0.251 e. The van der Waals surface area contributed by atoms with Crippen LogP contribution in [0.2, 0.25) is 0 Å². The van der Waals surface area contributed by atoms with Gasteiger partial charge in [-0.25, -0.2) is 9.97 Å². The Labute approximate surface area is 130 Å². The summed E-state index contributed by atoms with van der Waals surface area (Å²) in [4.78, 5) is 20.3. The highest BCUT2D eigenvalue weighted by atomic mass is 16.3. The number of nitrogens with zero attached hydrogens (tertiary/aromatic N) is 3. The minimum atomic E-state index is -0.120. The van der Waals surface area contributed by atoms with Crippen LogP contribution in [0.3, 0.4) is 0 Å². The van der Waals surface area contributed by atoms with Crippen LogP contribution in [0.15, 0.2) is 37.1 Å². The summed E-state index contributed by atoms with van der Waals surface area (Å²) >= 11 is 0. The van der Waals surface area contributed by atoms with Crippen LogP contribution in [0.5, 0.6) is 0 Å². The van der Waals surface area contributed by atoms with E-state index in [0.717, 1.165) is 12.8 Å². The molecule has 0 atom stereocenters. The SMILES string of the molecule is CC(C)(CO)CCCNC(=O)c1ccnc(-n2ccnc2)c1. The molecule has 6 heteroatoms. The van der Waals surface area contributed by atoms with Gasteiger partial charge in [-0.1, -0.05) is 13.8 Å². The number of imidazole rings is 1. The zero-order chi connectivity index (χ0) is 16.0. The summed E-state index contributed by atoms with van der Waals surface area (Å²) in [5.74, 6) is 0.539. The van der Waals surface area contributed by atoms with E-state index in [1.165, 1.54) is 0 Å². The van der Waals surface area contributed by atoms with Crippen LogP contribution in [0, 0.1) is 5.41 Å². The van der Waals surface area contributed by atoms with Crippen LogP contribution in [-0.4, -0.2) is 38.7 Å². The van der Waals surface area contributed by atoms with Crippen LogP contribution in [0.4, 0.5) is 0 Å². The van der Waals surface area contributed by atoms with Crippen LogP contribution in [0.1, 0.15) is 37.0 Å². The summed E-state index contributed by atoms with van der Waals surface area (Å²) in [6, 6.07) is 3.42. The van der Waals surface area contributed by atoms with E-state index in [1.807, 2.05) is 13.8 Å². The van der Waals surface area contributed by atoms with Gasteiger partial charge in [0.05, 0.1) is 0 Å². The topological polar surface area (TPSA) is 80.0 Å². The maximum Gasteiger partial charge on any atom is 0.251 e. The first kappa shape index (κ1) is 16.2. The lowest BCUT2D eigenvalue weighted by molar-refractivity contribution is 0.0948. The van der Waals surface area contributed by atoms with Gasteiger partial charge in [-0.2, -0.15) is 0 Å². The van der Waals surface area contributed by atoms with E-state index >= 15 is 0 Å². The van der Waals surface area contributed by atoms with Crippen molar-refractivity contribution < 1.29 is 9.90 Å². The molecule has 2 aromatic rings. The second-order valence-electron chi connectivity index (χ2n) is 6.05. The molecule has 0 bridgehead atoms. The molecule has 2 rings (SSSR count). The predicted octanol–water partition coefficient (Wildman–Crippen LogP) is 1.80. The summed E-state index contributed by atoms with van der Waals surface area (Å²) in [5.41, 5.74) is 0.468. The van der Waals surface area contributed by atoms with Gasteiger partial charge in [-0.15, -0.1) is 0 Å². The third-order valence-electron chi connectivity index (χ3n) is 3.52. The van der Waals surface area contributed by atoms with E-state index in [-0.39, 0.29) is 17.9 Å². The first-order chi connectivity index (χ1) is 10.5. The van der Waals surface area contributed by atoms with Crippen molar-refractivity contribution in [3.63, 3.8) is 0 Å². The average Bonchev–Trinajstić information content (AvgIpc) is 3.06. The molecular formula is C16H22N4O2. The van der Waals surface area contributed by atoms with Crippen molar-refractivity contribution in [2.45, 2.75) is 26.7 Å². The zero-order valence-electron chi connectivity index (χ0n) is 13.0. The third-order valence-corrected chi connectivity index (χ3v) is 3.52. The van der Waals surface area contributed by atoms with Gasteiger partial charge in [0, 0.05) is 37.3 Å². The molecule has 0 radical (unpaired) electrons. The molecule has 2 aromatic heterocycles. The number of nitrogens with one attached hydrogen (secondary N) is 1. The lowest BCUT2D eigenvalue weighted by atomic mass is 9.89. The van der Waals surface area contributed by atoms with Gasteiger partial charge in [0.25, 0.3) is 5.91 Å². The molecule has 2 N–H and O–H groups in total. The Bertz CT molecular complexity index is 608. The highest BCUT2D eigenvalue weighted by Crippen LogP contribution is 2.20. The second-order valence-corrected chi connectivity index (χ2v) is 6.05. The van der Waals surface area contributed by atoms with Gasteiger partial charge >= 0.3 is 0 Å². The Morgan fingerprint density at radius 1 is 1.41 bits per heavy atom. The largest absolute Gasteiger partial charge is 0.396 e. The highest BCUT2D eigenvalue weighted by molar-refractivity contribution is 5.94. The Morgan fingerprint density at radius 2 is 2.23 bits per heavy atom. The fraction of sp³-hybridized carbons (Fsp3) is 0.438. The molecule has 0 aromatic carbocycles. The molecule has 0 aliphatic heterocycles. The molecule has 0 spiro atoms. The number of rotatable bonds is 7. The second kappa shape index (κ2) is 7.17.